The molecular formula is C39H68O4. The van der Waals surface area contributed by atoms with Crippen LogP contribution < -0.4 is 0 Å². The number of rotatable bonds is 32. The highest BCUT2D eigenvalue weighted by molar-refractivity contribution is 5.69. The second kappa shape index (κ2) is 34.4. The fourth-order valence-electron chi connectivity index (χ4n) is 5.11. The van der Waals surface area contributed by atoms with Crippen molar-refractivity contribution in [3.63, 3.8) is 0 Å². The first-order chi connectivity index (χ1) is 21.1. The van der Waals surface area contributed by atoms with E-state index < -0.39 is 5.97 Å². The summed E-state index contributed by atoms with van der Waals surface area (Å²) in [5, 5.41) is 8.89. The number of esters is 1. The monoisotopic (exact) mass is 601 g/mol. The molecule has 0 aliphatic rings. The lowest BCUT2D eigenvalue weighted by Crippen LogP contribution is -2.18. The van der Waals surface area contributed by atoms with Gasteiger partial charge in [0.25, 0.3) is 0 Å². The summed E-state index contributed by atoms with van der Waals surface area (Å²) >= 11 is 0. The third-order valence-corrected chi connectivity index (χ3v) is 7.80. The molecule has 0 bridgehead atoms. The predicted octanol–water partition coefficient (Wildman–Crippen LogP) is 12.4. The van der Waals surface area contributed by atoms with E-state index in [0.29, 0.717) is 12.8 Å². The number of hydrogen-bond acceptors (Lipinski definition) is 3. The predicted molar refractivity (Wildman–Crippen MR) is 185 cm³/mol. The van der Waals surface area contributed by atoms with Gasteiger partial charge in [-0.1, -0.05) is 133 Å². The van der Waals surface area contributed by atoms with Crippen molar-refractivity contribution in [2.45, 2.75) is 187 Å². The molecule has 0 aromatic heterocycles. The smallest absolute Gasteiger partial charge is 0.306 e. The third kappa shape index (κ3) is 34.3. The van der Waals surface area contributed by atoms with Gasteiger partial charge < -0.3 is 9.84 Å². The number of hydrogen-bond donors (Lipinski definition) is 1. The zero-order valence-electron chi connectivity index (χ0n) is 28.3. The van der Waals surface area contributed by atoms with E-state index >= 15 is 0 Å². The minimum Gasteiger partial charge on any atom is -0.481 e. The minimum atomic E-state index is -0.750. The molecule has 248 valence electrons. The molecule has 4 heteroatoms. The molecule has 4 nitrogen and oxygen atoms in total. The van der Waals surface area contributed by atoms with Gasteiger partial charge >= 0.3 is 11.9 Å². The summed E-state index contributed by atoms with van der Waals surface area (Å²) in [4.78, 5) is 23.3. The molecule has 43 heavy (non-hydrogen) atoms. The summed E-state index contributed by atoms with van der Waals surface area (Å²) in [6.07, 6.45) is 45.5. The fourth-order valence-corrected chi connectivity index (χ4v) is 5.11. The van der Waals surface area contributed by atoms with E-state index in [2.05, 4.69) is 62.5 Å². The van der Waals surface area contributed by atoms with Crippen molar-refractivity contribution >= 4 is 11.9 Å². The Morgan fingerprint density at radius 1 is 0.512 bits per heavy atom. The van der Waals surface area contributed by atoms with E-state index in [1.54, 1.807) is 0 Å². The summed E-state index contributed by atoms with van der Waals surface area (Å²) in [5.74, 6) is -0.827. The van der Waals surface area contributed by atoms with Crippen LogP contribution in [0.2, 0.25) is 0 Å². The molecule has 0 spiro atoms. The molecule has 0 aliphatic carbocycles. The van der Waals surface area contributed by atoms with Gasteiger partial charge in [0.05, 0.1) is 0 Å². The van der Waals surface area contributed by atoms with Gasteiger partial charge in [0.15, 0.2) is 0 Å². The van der Waals surface area contributed by atoms with Gasteiger partial charge in [0, 0.05) is 12.8 Å². The summed E-state index contributed by atoms with van der Waals surface area (Å²) in [5.41, 5.74) is 0. The first kappa shape index (κ1) is 40.9. The fraction of sp³-hybridized carbons (Fsp3) is 0.744. The molecule has 1 unspecified atom stereocenters. The molecule has 0 heterocycles. The maximum absolute atomic E-state index is 12.5. The summed E-state index contributed by atoms with van der Waals surface area (Å²) in [7, 11) is 0. The SMILES string of the molecule is CCCCC/C=C\C/C=C\C/C=C\C/C=C\CCCCCCCC(=O)OC(CCCCCCCCC)CCCCC(=O)O. The van der Waals surface area contributed by atoms with Crippen molar-refractivity contribution in [2.24, 2.45) is 0 Å². The second-order valence-electron chi connectivity index (χ2n) is 12.1. The number of allylic oxidation sites excluding steroid dienone is 8. The number of ether oxygens (including phenoxy) is 1. The van der Waals surface area contributed by atoms with Gasteiger partial charge in [-0.3, -0.25) is 9.59 Å². The Morgan fingerprint density at radius 2 is 0.907 bits per heavy atom. The summed E-state index contributed by atoms with van der Waals surface area (Å²) in [6.45, 7) is 4.48. The normalized spacial score (nSPS) is 12.8. The largest absolute Gasteiger partial charge is 0.481 e. The summed E-state index contributed by atoms with van der Waals surface area (Å²) in [6, 6.07) is 0. The molecule has 0 rings (SSSR count). The van der Waals surface area contributed by atoms with Crippen LogP contribution in [0.15, 0.2) is 48.6 Å². The van der Waals surface area contributed by atoms with Gasteiger partial charge in [-0.05, 0) is 83.5 Å². The van der Waals surface area contributed by atoms with Crippen LogP contribution >= 0.6 is 0 Å². The summed E-state index contributed by atoms with van der Waals surface area (Å²) < 4.78 is 5.84. The highest BCUT2D eigenvalue weighted by Gasteiger charge is 2.14. The lowest BCUT2D eigenvalue weighted by atomic mass is 10.0. The molecule has 0 fully saturated rings. The average Bonchev–Trinajstić information content (AvgIpc) is 2.99. The lowest BCUT2D eigenvalue weighted by Gasteiger charge is -2.18. The number of carboxylic acids is 1. The highest BCUT2D eigenvalue weighted by atomic mass is 16.5. The highest BCUT2D eigenvalue weighted by Crippen LogP contribution is 2.18. The molecule has 0 amide bonds. The molecule has 0 saturated carbocycles. The molecule has 1 N–H and O–H groups in total. The van der Waals surface area contributed by atoms with Crippen LogP contribution in [0.5, 0.6) is 0 Å². The Kier molecular flexibility index (Phi) is 32.7. The number of carboxylic acid groups (broad SMARTS) is 1. The average molecular weight is 601 g/mol. The Balaban J connectivity index is 3.85. The first-order valence-corrected chi connectivity index (χ1v) is 18.1. The molecule has 1 atom stereocenters. The number of aliphatic carboxylic acids is 1. The van der Waals surface area contributed by atoms with Crippen LogP contribution in [0.1, 0.15) is 181 Å². The van der Waals surface area contributed by atoms with E-state index in [0.717, 1.165) is 70.6 Å². The zero-order chi connectivity index (χ0) is 31.5. The quantitative estimate of drug-likeness (QED) is 0.0474. The van der Waals surface area contributed by atoms with Gasteiger partial charge in [0.2, 0.25) is 0 Å². The molecule has 0 radical (unpaired) electrons. The second-order valence-corrected chi connectivity index (χ2v) is 12.1. The molecule has 0 aliphatic heterocycles. The van der Waals surface area contributed by atoms with Crippen LogP contribution in [0.25, 0.3) is 0 Å². The van der Waals surface area contributed by atoms with E-state index in [1.165, 1.54) is 77.0 Å². The Hall–Kier alpha value is -2.10. The van der Waals surface area contributed by atoms with Crippen molar-refractivity contribution in [1.29, 1.82) is 0 Å². The van der Waals surface area contributed by atoms with E-state index in [9.17, 15) is 9.59 Å². The van der Waals surface area contributed by atoms with Crippen molar-refractivity contribution in [3.05, 3.63) is 48.6 Å². The molecule has 0 aromatic rings. The van der Waals surface area contributed by atoms with Gasteiger partial charge in [-0.2, -0.15) is 0 Å². The van der Waals surface area contributed by atoms with E-state index in [4.69, 9.17) is 9.84 Å². The third-order valence-electron chi connectivity index (χ3n) is 7.80. The molecular weight excluding hydrogens is 532 g/mol. The lowest BCUT2D eigenvalue weighted by molar-refractivity contribution is -0.150. The molecule has 0 saturated heterocycles. The van der Waals surface area contributed by atoms with Gasteiger partial charge in [-0.25, -0.2) is 0 Å². The van der Waals surface area contributed by atoms with Crippen molar-refractivity contribution < 1.29 is 19.4 Å². The molecule has 0 aromatic carbocycles. The van der Waals surface area contributed by atoms with Crippen molar-refractivity contribution in [2.75, 3.05) is 0 Å². The first-order valence-electron chi connectivity index (χ1n) is 18.1. The van der Waals surface area contributed by atoms with Gasteiger partial charge in [-0.15, -0.1) is 0 Å². The Bertz CT molecular complexity index is 734. The topological polar surface area (TPSA) is 63.6 Å². The Morgan fingerprint density at radius 3 is 1.47 bits per heavy atom. The van der Waals surface area contributed by atoms with E-state index in [-0.39, 0.29) is 18.5 Å². The van der Waals surface area contributed by atoms with Crippen molar-refractivity contribution in [1.82, 2.24) is 0 Å². The maximum Gasteiger partial charge on any atom is 0.306 e. The zero-order valence-corrected chi connectivity index (χ0v) is 28.3. The minimum absolute atomic E-state index is 0.0534. The van der Waals surface area contributed by atoms with Crippen molar-refractivity contribution in [3.8, 4) is 0 Å². The van der Waals surface area contributed by atoms with Crippen LogP contribution in [0, 0.1) is 0 Å². The standard InChI is InChI=1S/C39H68O4/c1-3-5-7-9-11-12-13-14-15-16-17-18-19-20-21-22-23-24-26-28-30-36-39(42)43-37(34-31-32-35-38(40)41)33-29-27-25-10-8-6-4-2/h11-12,14-15,17-18,20-21,37H,3-10,13,16,19,22-36H2,1-2H3,(H,40,41)/b12-11-,15-14-,18-17-,21-20-. The van der Waals surface area contributed by atoms with Crippen LogP contribution in [-0.2, 0) is 14.3 Å². The van der Waals surface area contributed by atoms with Crippen LogP contribution in [-0.4, -0.2) is 23.1 Å². The Labute approximate surface area is 266 Å². The van der Waals surface area contributed by atoms with Gasteiger partial charge in [0.1, 0.15) is 6.10 Å². The number of unbranched alkanes of at least 4 members (excludes halogenated alkanes) is 15. The van der Waals surface area contributed by atoms with Crippen LogP contribution in [0.4, 0.5) is 0 Å². The number of carbonyl (C=O) groups is 2. The van der Waals surface area contributed by atoms with E-state index in [1.807, 2.05) is 0 Å². The van der Waals surface area contributed by atoms with Crippen LogP contribution in [0.3, 0.4) is 0 Å². The maximum atomic E-state index is 12.5. The number of carbonyl (C=O) groups excluding carboxylic acids is 1.